The molecular formula is C35H36ClN3O6S. The summed E-state index contributed by atoms with van der Waals surface area (Å²) in [4.78, 5) is 45.3. The van der Waals surface area contributed by atoms with E-state index in [0.717, 1.165) is 29.1 Å². The van der Waals surface area contributed by atoms with Crippen molar-refractivity contribution in [1.82, 2.24) is 9.13 Å². The predicted octanol–water partition coefficient (Wildman–Crippen LogP) is 5.82. The molecule has 46 heavy (non-hydrogen) atoms. The largest absolute Gasteiger partial charge is 0.496 e. The van der Waals surface area contributed by atoms with E-state index in [-0.39, 0.29) is 18.1 Å². The molecule has 0 bridgehead atoms. The highest BCUT2D eigenvalue weighted by Gasteiger charge is 2.36. The minimum Gasteiger partial charge on any atom is -0.496 e. The van der Waals surface area contributed by atoms with E-state index >= 15 is 0 Å². The molecule has 0 saturated heterocycles. The molecular weight excluding hydrogens is 626 g/mol. The van der Waals surface area contributed by atoms with Crippen molar-refractivity contribution in [2.45, 2.75) is 53.5 Å². The molecule has 0 spiro atoms. The monoisotopic (exact) mass is 661 g/mol. The Hall–Kier alpha value is -4.41. The Morgan fingerprint density at radius 3 is 2.35 bits per heavy atom. The maximum Gasteiger partial charge on any atom is 0.338 e. The number of hydrogen-bond donors (Lipinski definition) is 0. The summed E-state index contributed by atoms with van der Waals surface area (Å²) < 4.78 is 20.4. The summed E-state index contributed by atoms with van der Waals surface area (Å²) in [5.74, 6) is -0.414. The van der Waals surface area contributed by atoms with E-state index in [1.54, 1.807) is 48.7 Å². The van der Waals surface area contributed by atoms with Crippen molar-refractivity contribution in [3.05, 3.63) is 113 Å². The van der Waals surface area contributed by atoms with E-state index in [4.69, 9.17) is 30.8 Å². The van der Waals surface area contributed by atoms with Gasteiger partial charge in [0.15, 0.2) is 4.80 Å². The second kappa shape index (κ2) is 13.9. The first-order valence-electron chi connectivity index (χ1n) is 15.1. The SMILES string of the molecule is CCCC1=C(C(=O)OCC)[C@H](c2cc(Cl)ccc2OC)n2c(s/c(=C/c3cc(C)n(-c4ccc(C(=O)OCC)cc4)c3C)c2=O)=N1. The highest BCUT2D eigenvalue weighted by Crippen LogP contribution is 2.38. The van der Waals surface area contributed by atoms with Crippen LogP contribution in [0.5, 0.6) is 5.75 Å². The third-order valence-electron chi connectivity index (χ3n) is 7.77. The molecule has 0 amide bonds. The molecule has 1 aliphatic rings. The summed E-state index contributed by atoms with van der Waals surface area (Å²) in [6, 6.07) is 13.5. The number of halogens is 1. The van der Waals surface area contributed by atoms with Crippen LogP contribution in [0.3, 0.4) is 0 Å². The Kier molecular flexibility index (Phi) is 9.98. The molecule has 4 aromatic rings. The van der Waals surface area contributed by atoms with Crippen molar-refractivity contribution in [3.63, 3.8) is 0 Å². The Morgan fingerprint density at radius 2 is 1.70 bits per heavy atom. The van der Waals surface area contributed by atoms with Gasteiger partial charge in [-0.3, -0.25) is 9.36 Å². The molecule has 9 nitrogen and oxygen atoms in total. The number of ether oxygens (including phenoxy) is 3. The van der Waals surface area contributed by atoms with Crippen LogP contribution in [0.2, 0.25) is 5.02 Å². The van der Waals surface area contributed by atoms with E-state index in [2.05, 4.69) is 4.57 Å². The van der Waals surface area contributed by atoms with Gasteiger partial charge in [0.1, 0.15) is 11.8 Å². The number of rotatable bonds is 10. The van der Waals surface area contributed by atoms with Gasteiger partial charge in [-0.25, -0.2) is 14.6 Å². The van der Waals surface area contributed by atoms with Gasteiger partial charge in [-0.15, -0.1) is 0 Å². The number of carbonyl (C=O) groups excluding carboxylic acids is 2. The van der Waals surface area contributed by atoms with Crippen LogP contribution in [0, 0.1) is 13.8 Å². The van der Waals surface area contributed by atoms with Gasteiger partial charge >= 0.3 is 11.9 Å². The Bertz CT molecular complexity index is 2020. The molecule has 0 unspecified atom stereocenters. The van der Waals surface area contributed by atoms with Gasteiger partial charge in [-0.1, -0.05) is 36.3 Å². The van der Waals surface area contributed by atoms with Crippen LogP contribution in [0.25, 0.3) is 11.8 Å². The molecule has 0 saturated carbocycles. The number of benzene rings is 2. The molecule has 3 heterocycles. The van der Waals surface area contributed by atoms with E-state index < -0.39 is 12.0 Å². The molecule has 5 rings (SSSR count). The lowest BCUT2D eigenvalue weighted by Gasteiger charge is -2.27. The van der Waals surface area contributed by atoms with Crippen LogP contribution in [-0.4, -0.2) is 41.4 Å². The molecule has 0 radical (unpaired) electrons. The molecule has 0 N–H and O–H groups in total. The van der Waals surface area contributed by atoms with E-state index in [9.17, 15) is 14.4 Å². The van der Waals surface area contributed by atoms with Gasteiger partial charge < -0.3 is 18.8 Å². The molecule has 1 atom stereocenters. The summed E-state index contributed by atoms with van der Waals surface area (Å²) >= 11 is 7.72. The molecule has 0 aliphatic carbocycles. The van der Waals surface area contributed by atoms with Crippen LogP contribution in [0.15, 0.2) is 69.6 Å². The zero-order valence-corrected chi connectivity index (χ0v) is 28.3. The van der Waals surface area contributed by atoms with E-state index in [1.165, 1.54) is 18.4 Å². The van der Waals surface area contributed by atoms with Gasteiger partial charge in [-0.2, -0.15) is 0 Å². The first-order chi connectivity index (χ1) is 22.1. The quantitative estimate of drug-likeness (QED) is 0.199. The molecule has 2 aromatic carbocycles. The molecule has 1 aliphatic heterocycles. The second-order valence-corrected chi connectivity index (χ2v) is 12.2. The third kappa shape index (κ3) is 6.19. The van der Waals surface area contributed by atoms with Crippen LogP contribution >= 0.6 is 22.9 Å². The van der Waals surface area contributed by atoms with Gasteiger partial charge in [0.05, 0.1) is 41.7 Å². The summed E-state index contributed by atoms with van der Waals surface area (Å²) in [5.41, 5.74) is 5.22. The number of carbonyl (C=O) groups is 2. The Balaban J connectivity index is 1.68. The summed E-state index contributed by atoms with van der Waals surface area (Å²) in [6.45, 7) is 9.97. The number of hydrogen-bond acceptors (Lipinski definition) is 8. The minimum absolute atomic E-state index is 0.173. The van der Waals surface area contributed by atoms with Crippen LogP contribution < -0.4 is 19.6 Å². The lowest BCUT2D eigenvalue weighted by molar-refractivity contribution is -0.139. The van der Waals surface area contributed by atoms with Crippen LogP contribution in [0.1, 0.15) is 72.5 Å². The molecule has 11 heteroatoms. The normalized spacial score (nSPS) is 14.6. The maximum atomic E-state index is 14.3. The fourth-order valence-corrected chi connectivity index (χ4v) is 6.96. The molecule has 240 valence electrons. The number of methoxy groups -OCH3 is 1. The summed E-state index contributed by atoms with van der Waals surface area (Å²) in [7, 11) is 1.54. The van der Waals surface area contributed by atoms with Gasteiger partial charge in [0.25, 0.3) is 5.56 Å². The fraction of sp³-hybridized carbons (Fsp3) is 0.314. The van der Waals surface area contributed by atoms with Crippen LogP contribution in [0.4, 0.5) is 0 Å². The smallest absolute Gasteiger partial charge is 0.338 e. The average Bonchev–Trinajstić information content (AvgIpc) is 3.50. The Labute approximate surface area is 276 Å². The third-order valence-corrected chi connectivity index (χ3v) is 8.99. The highest BCUT2D eigenvalue weighted by atomic mass is 35.5. The van der Waals surface area contributed by atoms with E-state index in [0.29, 0.717) is 55.5 Å². The van der Waals surface area contributed by atoms with Crippen molar-refractivity contribution in [1.29, 1.82) is 0 Å². The summed E-state index contributed by atoms with van der Waals surface area (Å²) in [5, 5.41) is 0.443. The second-order valence-electron chi connectivity index (χ2n) is 10.7. The van der Waals surface area contributed by atoms with Crippen LogP contribution in [-0.2, 0) is 14.3 Å². The van der Waals surface area contributed by atoms with Crippen molar-refractivity contribution in [2.24, 2.45) is 4.99 Å². The van der Waals surface area contributed by atoms with Gasteiger partial charge in [-0.05, 0) is 94.3 Å². The number of fused-ring (bicyclic) bond motifs is 1. The standard InChI is InChI=1S/C35H36ClN3O6S/c1-7-10-27-30(34(42)45-9-3)31(26-19-24(36)13-16-28(26)43-6)39-32(40)29(46-35(39)37-27)18-23-17-20(4)38(21(23)5)25-14-11-22(12-15-25)33(41)44-8-2/h11-19,31H,7-10H2,1-6H3/b29-18+/t31-/m0/s1. The minimum atomic E-state index is -0.849. The first-order valence-corrected chi connectivity index (χ1v) is 16.3. The number of aryl methyl sites for hydroxylation is 1. The topological polar surface area (TPSA) is 101 Å². The maximum absolute atomic E-state index is 14.3. The van der Waals surface area contributed by atoms with Crippen molar-refractivity contribution in [3.8, 4) is 11.4 Å². The predicted molar refractivity (Wildman–Crippen MR) is 179 cm³/mol. The molecule has 0 fully saturated rings. The highest BCUT2D eigenvalue weighted by molar-refractivity contribution is 7.07. The zero-order chi connectivity index (χ0) is 33.1. The number of thiazole rings is 1. The zero-order valence-electron chi connectivity index (χ0n) is 26.7. The Morgan fingerprint density at radius 1 is 1.00 bits per heavy atom. The fourth-order valence-electron chi connectivity index (χ4n) is 5.77. The number of nitrogens with zero attached hydrogens (tertiary/aromatic N) is 3. The summed E-state index contributed by atoms with van der Waals surface area (Å²) in [6.07, 6.45) is 3.12. The average molecular weight is 662 g/mol. The van der Waals surface area contributed by atoms with Gasteiger partial charge in [0.2, 0.25) is 0 Å². The molecule has 2 aromatic heterocycles. The van der Waals surface area contributed by atoms with Gasteiger partial charge in [0, 0.05) is 27.7 Å². The van der Waals surface area contributed by atoms with Crippen molar-refractivity contribution >= 4 is 41.0 Å². The lowest BCUT2D eigenvalue weighted by Crippen LogP contribution is -2.40. The van der Waals surface area contributed by atoms with Crippen molar-refractivity contribution < 1.29 is 23.8 Å². The van der Waals surface area contributed by atoms with Crippen molar-refractivity contribution in [2.75, 3.05) is 20.3 Å². The lowest BCUT2D eigenvalue weighted by atomic mass is 9.93. The number of aromatic nitrogens is 2. The number of esters is 2. The number of allylic oxidation sites excluding steroid dienone is 1. The van der Waals surface area contributed by atoms with E-state index in [1.807, 2.05) is 45.0 Å². The first kappa shape index (κ1) is 33.0.